The van der Waals surface area contributed by atoms with Gasteiger partial charge >= 0.3 is 11.9 Å². The number of nitrogens with one attached hydrogen (secondary N) is 3. The van der Waals surface area contributed by atoms with Crippen molar-refractivity contribution in [2.24, 2.45) is 5.73 Å². The zero-order valence-corrected chi connectivity index (χ0v) is 15.6. The first-order chi connectivity index (χ1) is 13.6. The number of amides is 4. The lowest BCUT2D eigenvalue weighted by Crippen LogP contribution is -2.57. The van der Waals surface area contributed by atoms with Crippen LogP contribution in [-0.4, -0.2) is 89.9 Å². The summed E-state index contributed by atoms with van der Waals surface area (Å²) in [5.74, 6) is -5.65. The minimum Gasteiger partial charge on any atom is -0.481 e. The Labute approximate surface area is 166 Å². The summed E-state index contributed by atoms with van der Waals surface area (Å²) in [5, 5.41) is 25.0. The number of carboxylic acid groups (broad SMARTS) is 2. The number of hydrogen-bond donors (Lipinski definition) is 6. The van der Waals surface area contributed by atoms with E-state index in [1.165, 1.54) is 7.98 Å². The highest BCUT2D eigenvalue weighted by molar-refractivity contribution is 6.15. The summed E-state index contributed by atoms with van der Waals surface area (Å²) in [6.45, 7) is -0.929. The molecule has 0 unspecified atom stereocenters. The van der Waals surface area contributed by atoms with Crippen LogP contribution < -0.4 is 21.6 Å². The monoisotopic (exact) mass is 411 g/mol. The van der Waals surface area contributed by atoms with Gasteiger partial charge in [-0.05, 0) is 6.42 Å². The van der Waals surface area contributed by atoms with E-state index in [1.54, 1.807) is 0 Å². The summed E-state index contributed by atoms with van der Waals surface area (Å²) in [6, 6.07) is -3.82. The van der Waals surface area contributed by atoms with Gasteiger partial charge in [0.25, 0.3) is 11.8 Å². The maximum Gasteiger partial charge on any atom is 0.328 e. The molecule has 0 radical (unpaired) electrons. The third-order valence-electron chi connectivity index (χ3n) is 4.09. The Morgan fingerprint density at radius 1 is 1.07 bits per heavy atom. The van der Waals surface area contributed by atoms with E-state index < -0.39 is 60.2 Å². The van der Waals surface area contributed by atoms with Gasteiger partial charge in [0.05, 0.1) is 6.04 Å². The maximum atomic E-state index is 12.3. The standard InChI is InChI=1S/C15H22BN5O8/c16-20-7(1-4-12(24)25)13(26)19-8(15(28)29)6-18-14(27)9(5-17)21-10(22)2-3-11(21)23/h2-3,7-9,20H,1,4-6,16-17H2,(H,18,27)(H,19,26)(H,24,25)(H,28,29)/t7-,8-,9-/m0/s1. The predicted octanol–water partition coefficient (Wildman–Crippen LogP) is -4.70. The van der Waals surface area contributed by atoms with Crippen LogP contribution in [0.4, 0.5) is 0 Å². The van der Waals surface area contributed by atoms with Crippen LogP contribution in [-0.2, 0) is 28.8 Å². The molecule has 13 nitrogen and oxygen atoms in total. The molecule has 29 heavy (non-hydrogen) atoms. The number of hydrogen-bond acceptors (Lipinski definition) is 8. The molecule has 1 aliphatic rings. The molecule has 0 aromatic heterocycles. The van der Waals surface area contributed by atoms with Crippen molar-refractivity contribution in [2.45, 2.75) is 31.0 Å². The van der Waals surface area contributed by atoms with Crippen molar-refractivity contribution in [3.63, 3.8) is 0 Å². The quantitative estimate of drug-likeness (QED) is 0.133. The Morgan fingerprint density at radius 2 is 1.66 bits per heavy atom. The van der Waals surface area contributed by atoms with E-state index in [0.29, 0.717) is 4.90 Å². The van der Waals surface area contributed by atoms with Crippen LogP contribution in [0.1, 0.15) is 12.8 Å². The number of aliphatic carboxylic acids is 2. The third kappa shape index (κ3) is 6.69. The molecular formula is C15H22BN5O8. The van der Waals surface area contributed by atoms with Gasteiger partial charge < -0.3 is 31.8 Å². The van der Waals surface area contributed by atoms with Crippen LogP contribution in [0.15, 0.2) is 12.2 Å². The van der Waals surface area contributed by atoms with E-state index in [0.717, 1.165) is 12.2 Å². The molecule has 0 aromatic carbocycles. The first kappa shape index (κ1) is 23.8. The second-order valence-electron chi connectivity index (χ2n) is 6.05. The van der Waals surface area contributed by atoms with Gasteiger partial charge in [-0.15, -0.1) is 0 Å². The van der Waals surface area contributed by atoms with Gasteiger partial charge in [-0.25, -0.2) is 4.79 Å². The fraction of sp³-hybridized carbons (Fsp3) is 0.467. The molecule has 14 heteroatoms. The minimum atomic E-state index is -1.53. The summed E-state index contributed by atoms with van der Waals surface area (Å²) in [7, 11) is 1.41. The van der Waals surface area contributed by atoms with E-state index in [1.807, 2.05) is 0 Å². The van der Waals surface area contributed by atoms with E-state index in [4.69, 9.17) is 10.8 Å². The summed E-state index contributed by atoms with van der Waals surface area (Å²) in [6.07, 6.45) is 1.58. The van der Waals surface area contributed by atoms with Crippen LogP contribution in [0, 0.1) is 0 Å². The SMILES string of the molecule is BN[C@@H](CCC(=O)O)C(=O)N[C@@H](CNC(=O)[C@H](CN)N1C(=O)C=CC1=O)C(=O)O. The van der Waals surface area contributed by atoms with E-state index in [-0.39, 0.29) is 19.4 Å². The molecule has 3 atom stereocenters. The van der Waals surface area contributed by atoms with Gasteiger partial charge in [-0.3, -0.25) is 28.9 Å². The molecule has 0 fully saturated rings. The lowest BCUT2D eigenvalue weighted by Gasteiger charge is -2.25. The van der Waals surface area contributed by atoms with E-state index >= 15 is 0 Å². The highest BCUT2D eigenvalue weighted by atomic mass is 16.4. The van der Waals surface area contributed by atoms with Gasteiger partial charge in [0.2, 0.25) is 11.8 Å². The van der Waals surface area contributed by atoms with Gasteiger partial charge in [0, 0.05) is 31.7 Å². The van der Waals surface area contributed by atoms with Crippen molar-refractivity contribution in [1.82, 2.24) is 20.8 Å². The summed E-state index contributed by atoms with van der Waals surface area (Å²) >= 11 is 0. The molecule has 0 saturated heterocycles. The van der Waals surface area contributed by atoms with E-state index in [9.17, 15) is 33.9 Å². The van der Waals surface area contributed by atoms with Gasteiger partial charge in [0.1, 0.15) is 12.1 Å². The fourth-order valence-electron chi connectivity index (χ4n) is 2.52. The molecule has 4 amide bonds. The highest BCUT2D eigenvalue weighted by Gasteiger charge is 2.35. The van der Waals surface area contributed by atoms with Crippen molar-refractivity contribution < 1.29 is 39.0 Å². The number of imide groups is 1. The molecule has 0 bridgehead atoms. The zero-order valence-electron chi connectivity index (χ0n) is 15.6. The number of carbonyl (C=O) groups is 6. The lowest BCUT2D eigenvalue weighted by molar-refractivity contribution is -0.146. The summed E-state index contributed by atoms with van der Waals surface area (Å²) in [4.78, 5) is 70.5. The van der Waals surface area contributed by atoms with Gasteiger partial charge in [0.15, 0.2) is 7.98 Å². The highest BCUT2D eigenvalue weighted by Crippen LogP contribution is 2.09. The molecule has 7 N–H and O–H groups in total. The topological polar surface area (TPSA) is 208 Å². The van der Waals surface area contributed by atoms with Crippen LogP contribution in [0.3, 0.4) is 0 Å². The minimum absolute atomic E-state index is 0.0716. The molecule has 0 spiro atoms. The Kier molecular flexibility index (Phi) is 8.96. The zero-order chi connectivity index (χ0) is 22.1. The van der Waals surface area contributed by atoms with Crippen molar-refractivity contribution in [1.29, 1.82) is 0 Å². The molecule has 1 aliphatic heterocycles. The Morgan fingerprint density at radius 3 is 2.10 bits per heavy atom. The Bertz CT molecular complexity index is 709. The molecule has 1 rings (SSSR count). The van der Waals surface area contributed by atoms with Crippen molar-refractivity contribution in [3.8, 4) is 0 Å². The van der Waals surface area contributed by atoms with Gasteiger partial charge in [-0.1, -0.05) is 0 Å². The number of rotatable bonds is 12. The predicted molar refractivity (Wildman–Crippen MR) is 98.7 cm³/mol. The number of nitrogens with two attached hydrogens (primary N) is 1. The fourth-order valence-corrected chi connectivity index (χ4v) is 2.52. The molecule has 0 aliphatic carbocycles. The second kappa shape index (κ2) is 10.9. The van der Waals surface area contributed by atoms with Crippen LogP contribution >= 0.6 is 0 Å². The average molecular weight is 411 g/mol. The number of carbonyl (C=O) groups excluding carboxylic acids is 4. The first-order valence-corrected chi connectivity index (χ1v) is 8.57. The van der Waals surface area contributed by atoms with Gasteiger partial charge in [-0.2, -0.15) is 0 Å². The molecule has 0 aromatic rings. The summed E-state index contributed by atoms with van der Waals surface area (Å²) in [5.41, 5.74) is 5.46. The number of carboxylic acids is 2. The van der Waals surface area contributed by atoms with Crippen molar-refractivity contribution in [3.05, 3.63) is 12.2 Å². The van der Waals surface area contributed by atoms with Crippen LogP contribution in [0.25, 0.3) is 0 Å². The van der Waals surface area contributed by atoms with Crippen LogP contribution in [0.2, 0.25) is 0 Å². The third-order valence-corrected chi connectivity index (χ3v) is 4.09. The molecule has 0 saturated carbocycles. The Balaban J connectivity index is 2.71. The molecule has 158 valence electrons. The number of nitrogens with zero attached hydrogens (tertiary/aromatic N) is 1. The summed E-state index contributed by atoms with van der Waals surface area (Å²) < 4.78 is 0. The van der Waals surface area contributed by atoms with E-state index in [2.05, 4.69) is 15.9 Å². The molecular weight excluding hydrogens is 389 g/mol. The second-order valence-corrected chi connectivity index (χ2v) is 6.05. The van der Waals surface area contributed by atoms with Crippen LogP contribution in [0.5, 0.6) is 0 Å². The lowest BCUT2D eigenvalue weighted by atomic mass is 10.1. The maximum absolute atomic E-state index is 12.3. The normalized spacial score (nSPS) is 16.2. The Hall–Kier alpha value is -3.26. The van der Waals surface area contributed by atoms with Crippen molar-refractivity contribution >= 4 is 43.5 Å². The largest absolute Gasteiger partial charge is 0.481 e. The van der Waals surface area contributed by atoms with Crippen molar-refractivity contribution in [2.75, 3.05) is 13.1 Å². The first-order valence-electron chi connectivity index (χ1n) is 8.57. The average Bonchev–Trinajstić information content (AvgIpc) is 2.98. The smallest absolute Gasteiger partial charge is 0.328 e. The molecule has 1 heterocycles.